The third-order valence-corrected chi connectivity index (χ3v) is 2.01. The smallest absolute Gasteiger partial charge is 0.170 e. The summed E-state index contributed by atoms with van der Waals surface area (Å²) in [6.45, 7) is 2.30. The highest BCUT2D eigenvalue weighted by Gasteiger charge is 2.17. The van der Waals surface area contributed by atoms with Gasteiger partial charge in [-0.15, -0.1) is 0 Å². The Morgan fingerprint density at radius 1 is 1.12 bits per heavy atom. The number of hydrogen-bond donors (Lipinski definition) is 0. The van der Waals surface area contributed by atoms with Gasteiger partial charge in [-0.25, -0.2) is 17.6 Å². The van der Waals surface area contributed by atoms with Crippen LogP contribution in [0.3, 0.4) is 0 Å². The molecule has 1 aromatic rings. The van der Waals surface area contributed by atoms with E-state index in [4.69, 9.17) is 0 Å². The van der Waals surface area contributed by atoms with Crippen LogP contribution in [0, 0.1) is 23.3 Å². The first-order chi connectivity index (χ1) is 7.57. The van der Waals surface area contributed by atoms with Crippen molar-refractivity contribution in [2.45, 2.75) is 19.8 Å². The van der Waals surface area contributed by atoms with Gasteiger partial charge in [-0.1, -0.05) is 13.3 Å². The monoisotopic (exact) mass is 233 g/mol. The zero-order chi connectivity index (χ0) is 12.1. The van der Waals surface area contributed by atoms with Crippen molar-refractivity contribution in [2.24, 2.45) is 4.99 Å². The highest BCUT2D eigenvalue weighted by Crippen LogP contribution is 2.17. The summed E-state index contributed by atoms with van der Waals surface area (Å²) < 4.78 is 51.7. The molecule has 0 N–H and O–H groups in total. The molecule has 88 valence electrons. The summed E-state index contributed by atoms with van der Waals surface area (Å²) in [5.41, 5.74) is -0.770. The maximum Gasteiger partial charge on any atom is 0.170 e. The quantitative estimate of drug-likeness (QED) is 0.327. The van der Waals surface area contributed by atoms with Gasteiger partial charge in [0.05, 0.1) is 5.56 Å². The lowest BCUT2D eigenvalue weighted by Crippen LogP contribution is -2.02. The predicted molar refractivity (Wildman–Crippen MR) is 53.6 cm³/mol. The SMILES string of the molecule is CCCCN=Cc1c(F)c(F)cc(F)c1F. The number of hydrogen-bond acceptors (Lipinski definition) is 1. The third-order valence-electron chi connectivity index (χ3n) is 2.01. The Morgan fingerprint density at radius 3 is 2.19 bits per heavy atom. The van der Waals surface area contributed by atoms with E-state index >= 15 is 0 Å². The second-order valence-electron chi connectivity index (χ2n) is 3.27. The van der Waals surface area contributed by atoms with Gasteiger partial charge in [0.2, 0.25) is 0 Å². The molecule has 0 saturated carbocycles. The van der Waals surface area contributed by atoms with Crippen LogP contribution in [0.1, 0.15) is 25.3 Å². The second-order valence-corrected chi connectivity index (χ2v) is 3.27. The Labute approximate surface area is 90.8 Å². The molecule has 0 aromatic heterocycles. The van der Waals surface area contributed by atoms with Crippen molar-refractivity contribution in [2.75, 3.05) is 6.54 Å². The maximum absolute atomic E-state index is 13.1. The minimum Gasteiger partial charge on any atom is -0.292 e. The lowest BCUT2D eigenvalue weighted by atomic mass is 10.2. The minimum atomic E-state index is -1.42. The van der Waals surface area contributed by atoms with Crippen LogP contribution in [0.4, 0.5) is 17.6 Å². The van der Waals surface area contributed by atoms with Crippen LogP contribution in [0.5, 0.6) is 0 Å². The molecule has 0 unspecified atom stereocenters. The lowest BCUT2D eigenvalue weighted by Gasteiger charge is -2.01. The highest BCUT2D eigenvalue weighted by molar-refractivity contribution is 5.80. The minimum absolute atomic E-state index is 0.175. The average Bonchev–Trinajstić information content (AvgIpc) is 2.25. The van der Waals surface area contributed by atoms with E-state index < -0.39 is 28.8 Å². The van der Waals surface area contributed by atoms with Crippen molar-refractivity contribution in [3.05, 3.63) is 34.9 Å². The molecule has 0 saturated heterocycles. The first-order valence-corrected chi connectivity index (χ1v) is 4.90. The molecule has 0 aliphatic carbocycles. The molecule has 1 rings (SSSR count). The highest BCUT2D eigenvalue weighted by atomic mass is 19.2. The number of aliphatic imine (C=N–C) groups is 1. The summed E-state index contributed by atoms with van der Waals surface area (Å²) in [5.74, 6) is -5.68. The predicted octanol–water partition coefficient (Wildman–Crippen LogP) is 3.46. The second kappa shape index (κ2) is 5.63. The van der Waals surface area contributed by atoms with E-state index in [-0.39, 0.29) is 6.07 Å². The van der Waals surface area contributed by atoms with Crippen molar-refractivity contribution in [3.63, 3.8) is 0 Å². The van der Waals surface area contributed by atoms with E-state index in [9.17, 15) is 17.6 Å². The fourth-order valence-corrected chi connectivity index (χ4v) is 1.11. The number of halogens is 4. The van der Waals surface area contributed by atoms with Crippen molar-refractivity contribution in [3.8, 4) is 0 Å². The van der Waals surface area contributed by atoms with Crippen molar-refractivity contribution in [1.82, 2.24) is 0 Å². The zero-order valence-electron chi connectivity index (χ0n) is 8.74. The summed E-state index contributed by atoms with van der Waals surface area (Å²) in [7, 11) is 0. The van der Waals surface area contributed by atoms with Gasteiger partial charge in [0.25, 0.3) is 0 Å². The van der Waals surface area contributed by atoms with Crippen molar-refractivity contribution >= 4 is 6.21 Å². The van der Waals surface area contributed by atoms with Crippen molar-refractivity contribution in [1.29, 1.82) is 0 Å². The average molecular weight is 233 g/mol. The third kappa shape index (κ3) is 2.81. The van der Waals surface area contributed by atoms with Gasteiger partial charge in [-0.2, -0.15) is 0 Å². The topological polar surface area (TPSA) is 12.4 Å². The summed E-state index contributed by atoms with van der Waals surface area (Å²) in [5, 5.41) is 0. The van der Waals surface area contributed by atoms with E-state index in [1.54, 1.807) is 0 Å². The largest absolute Gasteiger partial charge is 0.292 e. The standard InChI is InChI=1S/C11H11F4N/c1-2-3-4-16-6-7-10(14)8(12)5-9(13)11(7)15/h5-6H,2-4H2,1H3. The lowest BCUT2D eigenvalue weighted by molar-refractivity contribution is 0.452. The molecule has 16 heavy (non-hydrogen) atoms. The van der Waals surface area contributed by atoms with Gasteiger partial charge in [0, 0.05) is 18.8 Å². The molecule has 1 nitrogen and oxygen atoms in total. The molecule has 0 fully saturated rings. The fraction of sp³-hybridized carbons (Fsp3) is 0.364. The van der Waals surface area contributed by atoms with Gasteiger partial charge in [0.15, 0.2) is 23.3 Å². The molecule has 0 bridgehead atoms. The van der Waals surface area contributed by atoms with E-state index in [0.717, 1.165) is 19.1 Å². The Balaban J connectivity index is 2.98. The Bertz CT molecular complexity index is 375. The Morgan fingerprint density at radius 2 is 1.69 bits per heavy atom. The fourth-order valence-electron chi connectivity index (χ4n) is 1.11. The van der Waals surface area contributed by atoms with Crippen LogP contribution >= 0.6 is 0 Å². The van der Waals surface area contributed by atoms with Crippen LogP contribution in [-0.2, 0) is 0 Å². The first-order valence-electron chi connectivity index (χ1n) is 4.90. The Kier molecular flexibility index (Phi) is 4.46. The van der Waals surface area contributed by atoms with Crippen molar-refractivity contribution < 1.29 is 17.6 Å². The molecule has 0 heterocycles. The van der Waals surface area contributed by atoms with Crippen LogP contribution < -0.4 is 0 Å². The molecule has 0 spiro atoms. The summed E-state index contributed by atoms with van der Waals surface area (Å²) in [4.78, 5) is 3.70. The zero-order valence-corrected chi connectivity index (χ0v) is 8.74. The van der Waals surface area contributed by atoms with Crippen LogP contribution in [0.25, 0.3) is 0 Å². The number of benzene rings is 1. The normalized spacial score (nSPS) is 11.3. The van der Waals surface area contributed by atoms with Crippen LogP contribution in [0.15, 0.2) is 11.1 Å². The van der Waals surface area contributed by atoms with E-state index in [1.807, 2.05) is 6.92 Å². The molecule has 0 atom stereocenters. The van der Waals surface area contributed by atoms with Crippen LogP contribution in [-0.4, -0.2) is 12.8 Å². The maximum atomic E-state index is 13.1. The van der Waals surface area contributed by atoms with E-state index in [2.05, 4.69) is 4.99 Å². The summed E-state index contributed by atoms with van der Waals surface area (Å²) in [6.07, 6.45) is 2.45. The number of nitrogens with zero attached hydrogens (tertiary/aromatic N) is 1. The molecule has 5 heteroatoms. The van der Waals surface area contributed by atoms with Gasteiger partial charge in [0.1, 0.15) is 0 Å². The summed E-state index contributed by atoms with van der Waals surface area (Å²) >= 11 is 0. The van der Waals surface area contributed by atoms with Gasteiger partial charge < -0.3 is 0 Å². The molecule has 0 aliphatic heterocycles. The molecule has 0 amide bonds. The first kappa shape index (κ1) is 12.7. The van der Waals surface area contributed by atoms with Gasteiger partial charge in [-0.05, 0) is 6.42 Å². The van der Waals surface area contributed by atoms with Gasteiger partial charge in [-0.3, -0.25) is 4.99 Å². The molecule has 0 radical (unpaired) electrons. The molecule has 0 aliphatic rings. The van der Waals surface area contributed by atoms with Crippen LogP contribution in [0.2, 0.25) is 0 Å². The van der Waals surface area contributed by atoms with E-state index in [0.29, 0.717) is 6.54 Å². The molecular weight excluding hydrogens is 222 g/mol. The summed E-state index contributed by atoms with van der Waals surface area (Å²) in [6, 6.07) is 0.175. The number of rotatable bonds is 4. The van der Waals surface area contributed by atoms with E-state index in [1.165, 1.54) is 0 Å². The Hall–Kier alpha value is -1.39. The van der Waals surface area contributed by atoms with Gasteiger partial charge >= 0.3 is 0 Å². The number of unbranched alkanes of at least 4 members (excludes halogenated alkanes) is 1. The molecular formula is C11H11F4N. The molecule has 1 aromatic carbocycles.